The van der Waals surface area contributed by atoms with Crippen molar-refractivity contribution in [3.05, 3.63) is 42.5 Å². The first-order valence-electron chi connectivity index (χ1n) is 10.0. The van der Waals surface area contributed by atoms with E-state index < -0.39 is 16.1 Å². The van der Waals surface area contributed by atoms with Gasteiger partial charge in [-0.05, 0) is 49.4 Å². The number of benzene rings is 2. The Morgan fingerprint density at radius 2 is 1.90 bits per heavy atom. The summed E-state index contributed by atoms with van der Waals surface area (Å²) in [5.41, 5.74) is 1.78. The summed E-state index contributed by atoms with van der Waals surface area (Å²) in [7, 11) is -0.373. The maximum atomic E-state index is 13.4. The largest absolute Gasteiger partial charge is 0.497 e. The van der Waals surface area contributed by atoms with Crippen molar-refractivity contribution in [2.24, 2.45) is 5.92 Å². The Labute approximate surface area is 178 Å². The molecule has 0 radical (unpaired) electrons. The van der Waals surface area contributed by atoms with Crippen molar-refractivity contribution >= 4 is 10.0 Å². The van der Waals surface area contributed by atoms with E-state index in [1.807, 2.05) is 38.2 Å². The number of fused-ring (bicyclic) bond motifs is 1. The number of methoxy groups -OCH3 is 1. The smallest absolute Gasteiger partial charge is 0.247 e. The number of rotatable bonds is 6. The quantitative estimate of drug-likeness (QED) is 0.726. The average molecular weight is 435 g/mol. The van der Waals surface area contributed by atoms with Crippen LogP contribution in [-0.4, -0.2) is 63.8 Å². The SMILES string of the molecule is CNC[C@@H]1Oc2cc(-c3ccc(OC)cc3)ccc2S(=O)(=O)N([C@@H](C)CO)C[C@H]1C. The van der Waals surface area contributed by atoms with Gasteiger partial charge in [0.25, 0.3) is 0 Å². The topological polar surface area (TPSA) is 88.1 Å². The number of likely N-dealkylation sites (N-methyl/N-ethyl adjacent to an activating group) is 1. The molecule has 30 heavy (non-hydrogen) atoms. The molecule has 0 saturated carbocycles. The first-order chi connectivity index (χ1) is 14.3. The van der Waals surface area contributed by atoms with Gasteiger partial charge in [0, 0.05) is 25.0 Å². The second-order valence-corrected chi connectivity index (χ2v) is 9.55. The third-order valence-corrected chi connectivity index (χ3v) is 7.52. The average Bonchev–Trinajstić information content (AvgIpc) is 2.75. The summed E-state index contributed by atoms with van der Waals surface area (Å²) in [6.45, 7) is 4.28. The molecule has 0 aliphatic carbocycles. The highest BCUT2D eigenvalue weighted by atomic mass is 32.2. The molecule has 2 aromatic carbocycles. The van der Waals surface area contributed by atoms with Crippen LogP contribution in [0.2, 0.25) is 0 Å². The van der Waals surface area contributed by atoms with Gasteiger partial charge in [0.05, 0.1) is 13.7 Å². The van der Waals surface area contributed by atoms with Crippen molar-refractivity contribution in [1.82, 2.24) is 9.62 Å². The minimum Gasteiger partial charge on any atom is -0.497 e. The van der Waals surface area contributed by atoms with Crippen LogP contribution >= 0.6 is 0 Å². The van der Waals surface area contributed by atoms with E-state index in [9.17, 15) is 13.5 Å². The molecule has 0 bridgehead atoms. The second kappa shape index (κ2) is 9.34. The molecule has 0 fully saturated rings. The lowest BCUT2D eigenvalue weighted by Gasteiger charge is -2.36. The molecule has 0 unspecified atom stereocenters. The molecule has 0 aromatic heterocycles. The highest BCUT2D eigenvalue weighted by molar-refractivity contribution is 7.89. The number of aliphatic hydroxyl groups is 1. The molecule has 7 nitrogen and oxygen atoms in total. The molecule has 0 saturated heterocycles. The third-order valence-electron chi connectivity index (χ3n) is 5.50. The van der Waals surface area contributed by atoms with Crippen LogP contribution in [0.5, 0.6) is 11.5 Å². The zero-order valence-electron chi connectivity index (χ0n) is 17.8. The fourth-order valence-electron chi connectivity index (χ4n) is 3.63. The van der Waals surface area contributed by atoms with E-state index in [1.165, 1.54) is 4.31 Å². The lowest BCUT2D eigenvalue weighted by molar-refractivity contribution is 0.103. The van der Waals surface area contributed by atoms with Crippen molar-refractivity contribution in [2.45, 2.75) is 30.9 Å². The van der Waals surface area contributed by atoms with Gasteiger partial charge in [-0.1, -0.05) is 25.1 Å². The van der Waals surface area contributed by atoms with Gasteiger partial charge in [-0.15, -0.1) is 0 Å². The normalized spacial score (nSPS) is 22.3. The molecule has 164 valence electrons. The van der Waals surface area contributed by atoms with E-state index in [0.29, 0.717) is 12.3 Å². The predicted molar refractivity (Wildman–Crippen MR) is 116 cm³/mol. The molecule has 0 spiro atoms. The Morgan fingerprint density at radius 1 is 1.23 bits per heavy atom. The molecule has 1 aliphatic rings. The second-order valence-electron chi connectivity index (χ2n) is 7.69. The summed E-state index contributed by atoms with van der Waals surface area (Å²) in [5.74, 6) is 1.00. The van der Waals surface area contributed by atoms with Crippen molar-refractivity contribution in [3.63, 3.8) is 0 Å². The predicted octanol–water partition coefficient (Wildman–Crippen LogP) is 2.35. The molecule has 1 heterocycles. The van der Waals surface area contributed by atoms with E-state index in [0.717, 1.165) is 16.9 Å². The van der Waals surface area contributed by atoms with Crippen LogP contribution in [0, 0.1) is 5.92 Å². The lowest BCUT2D eigenvalue weighted by atomic mass is 10.0. The van der Waals surface area contributed by atoms with Gasteiger partial charge in [0.2, 0.25) is 10.0 Å². The monoisotopic (exact) mass is 434 g/mol. The van der Waals surface area contributed by atoms with Crippen molar-refractivity contribution in [2.75, 3.05) is 33.9 Å². The van der Waals surface area contributed by atoms with E-state index in [-0.39, 0.29) is 30.1 Å². The summed E-state index contributed by atoms with van der Waals surface area (Å²) < 4.78 is 39.7. The highest BCUT2D eigenvalue weighted by Crippen LogP contribution is 2.36. The van der Waals surface area contributed by atoms with Crippen molar-refractivity contribution < 1.29 is 23.0 Å². The van der Waals surface area contributed by atoms with E-state index in [2.05, 4.69) is 5.32 Å². The first kappa shape index (κ1) is 22.6. The van der Waals surface area contributed by atoms with Crippen molar-refractivity contribution in [1.29, 1.82) is 0 Å². The van der Waals surface area contributed by atoms with Gasteiger partial charge < -0.3 is 19.9 Å². The van der Waals surface area contributed by atoms with Crippen LogP contribution in [0.25, 0.3) is 11.1 Å². The first-order valence-corrected chi connectivity index (χ1v) is 11.5. The maximum absolute atomic E-state index is 13.4. The van der Waals surface area contributed by atoms with Crippen LogP contribution in [-0.2, 0) is 10.0 Å². The third kappa shape index (κ3) is 4.46. The van der Waals surface area contributed by atoms with Gasteiger partial charge >= 0.3 is 0 Å². The summed E-state index contributed by atoms with van der Waals surface area (Å²) in [6, 6.07) is 12.2. The Balaban J connectivity index is 2.11. The fourth-order valence-corrected chi connectivity index (χ4v) is 5.46. The Bertz CT molecular complexity index is 962. The number of nitrogens with one attached hydrogen (secondary N) is 1. The van der Waals surface area contributed by atoms with Crippen LogP contribution in [0.3, 0.4) is 0 Å². The minimum absolute atomic E-state index is 0.0704. The number of hydrogen-bond acceptors (Lipinski definition) is 6. The van der Waals surface area contributed by atoms with Crippen LogP contribution in [0.4, 0.5) is 0 Å². The van der Waals surface area contributed by atoms with E-state index in [1.54, 1.807) is 32.2 Å². The number of aliphatic hydroxyl groups excluding tert-OH is 1. The Hall–Kier alpha value is -2.13. The molecule has 0 amide bonds. The number of hydrogen-bond donors (Lipinski definition) is 2. The van der Waals surface area contributed by atoms with Gasteiger partial charge in [0.15, 0.2) is 0 Å². The zero-order chi connectivity index (χ0) is 21.9. The molecule has 2 N–H and O–H groups in total. The minimum atomic E-state index is -3.83. The number of nitrogens with zero attached hydrogens (tertiary/aromatic N) is 1. The van der Waals surface area contributed by atoms with Crippen molar-refractivity contribution in [3.8, 4) is 22.6 Å². The van der Waals surface area contributed by atoms with Gasteiger partial charge in [-0.2, -0.15) is 4.31 Å². The lowest BCUT2D eigenvalue weighted by Crippen LogP contribution is -2.49. The summed E-state index contributed by atoms with van der Waals surface area (Å²) >= 11 is 0. The maximum Gasteiger partial charge on any atom is 0.247 e. The van der Waals surface area contributed by atoms with Gasteiger partial charge in [0.1, 0.15) is 22.5 Å². The van der Waals surface area contributed by atoms with Crippen LogP contribution in [0.1, 0.15) is 13.8 Å². The molecular weight excluding hydrogens is 404 g/mol. The fraction of sp³-hybridized carbons (Fsp3) is 0.455. The Kier molecular flexibility index (Phi) is 7.02. The van der Waals surface area contributed by atoms with E-state index in [4.69, 9.17) is 9.47 Å². The van der Waals surface area contributed by atoms with Gasteiger partial charge in [-0.3, -0.25) is 0 Å². The highest BCUT2D eigenvalue weighted by Gasteiger charge is 2.37. The number of sulfonamides is 1. The molecule has 3 rings (SSSR count). The summed E-state index contributed by atoms with van der Waals surface area (Å²) in [4.78, 5) is 0.119. The van der Waals surface area contributed by atoms with Crippen LogP contribution in [0.15, 0.2) is 47.4 Å². The standard InChI is InChI=1S/C22H30N2O5S/c1-15-13-24(16(2)14-25)30(26,27)22-10-7-18(11-20(22)29-21(15)12-23-3)17-5-8-19(28-4)9-6-17/h5-11,15-16,21,23,25H,12-14H2,1-4H3/t15-,16+,21+/m1/s1. The Morgan fingerprint density at radius 3 is 2.50 bits per heavy atom. The zero-order valence-corrected chi connectivity index (χ0v) is 18.6. The van der Waals surface area contributed by atoms with Gasteiger partial charge in [-0.25, -0.2) is 8.42 Å². The molecule has 8 heteroatoms. The molecular formula is C22H30N2O5S. The summed E-state index contributed by atoms with van der Waals surface area (Å²) in [6.07, 6.45) is -0.219. The molecule has 2 aromatic rings. The van der Waals surface area contributed by atoms with Crippen LogP contribution < -0.4 is 14.8 Å². The molecule has 3 atom stereocenters. The number of ether oxygens (including phenoxy) is 2. The molecule has 1 aliphatic heterocycles. The van der Waals surface area contributed by atoms with E-state index >= 15 is 0 Å². The summed E-state index contributed by atoms with van der Waals surface area (Å²) in [5, 5.41) is 12.8.